The molecule has 0 saturated heterocycles. The Hall–Kier alpha value is -1.87. The second-order valence-electron chi connectivity index (χ2n) is 5.22. The molecule has 0 saturated carbocycles. The highest BCUT2D eigenvalue weighted by atomic mass is 79.9. The van der Waals surface area contributed by atoms with Crippen molar-refractivity contribution < 1.29 is 0 Å². The Morgan fingerprint density at radius 3 is 2.43 bits per heavy atom. The maximum atomic E-state index is 4.91. The molecule has 0 radical (unpaired) electrons. The van der Waals surface area contributed by atoms with Crippen molar-refractivity contribution in [3.05, 3.63) is 58.1 Å². The van der Waals surface area contributed by atoms with Crippen molar-refractivity contribution in [1.29, 1.82) is 0 Å². The van der Waals surface area contributed by atoms with Crippen LogP contribution in [0.2, 0.25) is 0 Å². The van der Waals surface area contributed by atoms with E-state index in [2.05, 4.69) is 59.4 Å². The Kier molecular flexibility index (Phi) is 3.68. The summed E-state index contributed by atoms with van der Waals surface area (Å²) in [6, 6.07) is 14.6. The van der Waals surface area contributed by atoms with E-state index in [0.29, 0.717) is 0 Å². The van der Waals surface area contributed by atoms with Crippen molar-refractivity contribution in [3.8, 4) is 11.3 Å². The van der Waals surface area contributed by atoms with Gasteiger partial charge in [-0.05, 0) is 53.0 Å². The van der Waals surface area contributed by atoms with Gasteiger partial charge >= 0.3 is 0 Å². The molecule has 2 nitrogen and oxygen atoms in total. The third-order valence-electron chi connectivity index (χ3n) is 3.73. The highest BCUT2D eigenvalue weighted by Crippen LogP contribution is 2.36. The molecule has 0 unspecified atom stereocenters. The molecule has 0 amide bonds. The van der Waals surface area contributed by atoms with Crippen molar-refractivity contribution in [3.63, 3.8) is 0 Å². The maximum Gasteiger partial charge on any atom is 0.0872 e. The number of aromatic nitrogens is 1. The van der Waals surface area contributed by atoms with Crippen LogP contribution in [0.3, 0.4) is 0 Å². The Bertz CT molecular complexity index is 811. The SMILES string of the molecule is CNc1c(C)c(-c2ccccc2)nc2c(Br)cc(C)cc12. The molecule has 0 fully saturated rings. The second-order valence-corrected chi connectivity index (χ2v) is 6.07. The minimum absolute atomic E-state index is 0.995. The number of fused-ring (bicyclic) bond motifs is 1. The first-order valence-corrected chi connectivity index (χ1v) is 7.74. The van der Waals surface area contributed by atoms with E-state index in [0.717, 1.165) is 32.3 Å². The Morgan fingerprint density at radius 2 is 1.76 bits per heavy atom. The molecule has 0 aliphatic heterocycles. The minimum Gasteiger partial charge on any atom is -0.387 e. The lowest BCUT2D eigenvalue weighted by atomic mass is 10.0. The first kappa shape index (κ1) is 14.1. The molecule has 1 aromatic heterocycles. The van der Waals surface area contributed by atoms with Gasteiger partial charge in [-0.25, -0.2) is 4.98 Å². The lowest BCUT2D eigenvalue weighted by Gasteiger charge is -2.15. The molecular formula is C18H17BrN2. The molecule has 3 heteroatoms. The van der Waals surface area contributed by atoms with Crippen LogP contribution in [-0.2, 0) is 0 Å². The van der Waals surface area contributed by atoms with Gasteiger partial charge in [0.15, 0.2) is 0 Å². The van der Waals surface area contributed by atoms with E-state index in [9.17, 15) is 0 Å². The van der Waals surface area contributed by atoms with E-state index in [1.807, 2.05) is 25.2 Å². The average molecular weight is 341 g/mol. The number of rotatable bonds is 2. The predicted octanol–water partition coefficient (Wildman–Crippen LogP) is 5.32. The number of pyridine rings is 1. The highest BCUT2D eigenvalue weighted by Gasteiger charge is 2.14. The number of nitrogens with zero attached hydrogens (tertiary/aromatic N) is 1. The summed E-state index contributed by atoms with van der Waals surface area (Å²) in [4.78, 5) is 4.91. The molecule has 21 heavy (non-hydrogen) atoms. The van der Waals surface area contributed by atoms with E-state index in [-0.39, 0.29) is 0 Å². The lowest BCUT2D eigenvalue weighted by molar-refractivity contribution is 1.30. The van der Waals surface area contributed by atoms with Gasteiger partial charge in [0.05, 0.1) is 11.2 Å². The highest BCUT2D eigenvalue weighted by molar-refractivity contribution is 9.10. The van der Waals surface area contributed by atoms with Crippen molar-refractivity contribution in [2.24, 2.45) is 0 Å². The first-order valence-electron chi connectivity index (χ1n) is 6.95. The quantitative estimate of drug-likeness (QED) is 0.682. The van der Waals surface area contributed by atoms with Crippen LogP contribution in [-0.4, -0.2) is 12.0 Å². The van der Waals surface area contributed by atoms with Gasteiger partial charge in [-0.3, -0.25) is 0 Å². The van der Waals surface area contributed by atoms with Crippen LogP contribution < -0.4 is 5.32 Å². The monoisotopic (exact) mass is 340 g/mol. The number of nitrogens with one attached hydrogen (secondary N) is 1. The molecular weight excluding hydrogens is 324 g/mol. The summed E-state index contributed by atoms with van der Waals surface area (Å²) in [6.45, 7) is 4.22. The molecule has 0 bridgehead atoms. The van der Waals surface area contributed by atoms with Gasteiger partial charge in [-0.2, -0.15) is 0 Å². The van der Waals surface area contributed by atoms with Crippen LogP contribution in [0.4, 0.5) is 5.69 Å². The number of hydrogen-bond donors (Lipinski definition) is 1. The molecule has 3 aromatic rings. The normalized spacial score (nSPS) is 10.9. The van der Waals surface area contributed by atoms with Gasteiger partial charge in [-0.1, -0.05) is 30.3 Å². The standard InChI is InChI=1S/C18H17BrN2/c1-11-9-14-17(20-3)12(2)16(13-7-5-4-6-8-13)21-18(14)15(19)10-11/h4-10H,1-3H3,(H,20,21). The fraction of sp³-hybridized carbons (Fsp3) is 0.167. The van der Waals surface area contributed by atoms with Crippen LogP contribution >= 0.6 is 15.9 Å². The van der Waals surface area contributed by atoms with Gasteiger partial charge < -0.3 is 5.32 Å². The smallest absolute Gasteiger partial charge is 0.0872 e. The van der Waals surface area contributed by atoms with E-state index in [1.165, 1.54) is 11.1 Å². The Balaban J connectivity index is 2.41. The molecule has 0 aliphatic carbocycles. The van der Waals surface area contributed by atoms with Gasteiger partial charge in [0, 0.05) is 28.2 Å². The fourth-order valence-electron chi connectivity index (χ4n) is 2.75. The second kappa shape index (κ2) is 5.49. The molecule has 106 valence electrons. The Labute approximate surface area is 133 Å². The van der Waals surface area contributed by atoms with Crippen LogP contribution in [0.1, 0.15) is 11.1 Å². The third kappa shape index (κ3) is 2.42. The van der Waals surface area contributed by atoms with Crippen molar-refractivity contribution >= 4 is 32.5 Å². The van der Waals surface area contributed by atoms with Crippen LogP contribution in [0.25, 0.3) is 22.2 Å². The summed E-state index contributed by atoms with van der Waals surface area (Å²) in [5, 5.41) is 4.50. The van der Waals surface area contributed by atoms with Gasteiger partial charge in [0.2, 0.25) is 0 Å². The number of halogens is 1. The van der Waals surface area contributed by atoms with Gasteiger partial charge in [0.1, 0.15) is 0 Å². The molecule has 3 rings (SSSR count). The zero-order chi connectivity index (χ0) is 15.0. The summed E-state index contributed by atoms with van der Waals surface area (Å²) in [5.74, 6) is 0. The van der Waals surface area contributed by atoms with Crippen molar-refractivity contribution in [1.82, 2.24) is 4.98 Å². The van der Waals surface area contributed by atoms with E-state index in [1.54, 1.807) is 0 Å². The van der Waals surface area contributed by atoms with Crippen LogP contribution in [0, 0.1) is 13.8 Å². The molecule has 0 atom stereocenters. The van der Waals surface area contributed by atoms with E-state index >= 15 is 0 Å². The third-order valence-corrected chi connectivity index (χ3v) is 4.33. The summed E-state index contributed by atoms with van der Waals surface area (Å²) < 4.78 is 1.03. The lowest BCUT2D eigenvalue weighted by Crippen LogP contribution is -1.99. The Morgan fingerprint density at radius 1 is 1.05 bits per heavy atom. The number of anilines is 1. The summed E-state index contributed by atoms with van der Waals surface area (Å²) in [5.41, 5.74) is 6.70. The van der Waals surface area contributed by atoms with E-state index < -0.39 is 0 Å². The summed E-state index contributed by atoms with van der Waals surface area (Å²) >= 11 is 3.65. The van der Waals surface area contributed by atoms with E-state index in [4.69, 9.17) is 4.98 Å². The molecule has 2 aromatic carbocycles. The average Bonchev–Trinajstić information content (AvgIpc) is 2.47. The molecule has 1 heterocycles. The summed E-state index contributed by atoms with van der Waals surface area (Å²) in [7, 11) is 1.97. The van der Waals surface area contributed by atoms with Gasteiger partial charge in [0.25, 0.3) is 0 Å². The predicted molar refractivity (Wildman–Crippen MR) is 93.9 cm³/mol. The number of hydrogen-bond acceptors (Lipinski definition) is 2. The number of benzene rings is 2. The van der Waals surface area contributed by atoms with Crippen LogP contribution in [0.5, 0.6) is 0 Å². The molecule has 1 N–H and O–H groups in total. The maximum absolute atomic E-state index is 4.91. The topological polar surface area (TPSA) is 24.9 Å². The van der Waals surface area contributed by atoms with Crippen molar-refractivity contribution in [2.75, 3.05) is 12.4 Å². The largest absolute Gasteiger partial charge is 0.387 e. The fourth-order valence-corrected chi connectivity index (χ4v) is 3.42. The minimum atomic E-state index is 0.995. The zero-order valence-electron chi connectivity index (χ0n) is 12.4. The first-order chi connectivity index (χ1) is 10.1. The zero-order valence-corrected chi connectivity index (χ0v) is 14.0. The van der Waals surface area contributed by atoms with Crippen molar-refractivity contribution in [2.45, 2.75) is 13.8 Å². The summed E-state index contributed by atoms with van der Waals surface area (Å²) in [6.07, 6.45) is 0. The van der Waals surface area contributed by atoms with Gasteiger partial charge in [-0.15, -0.1) is 0 Å². The molecule has 0 spiro atoms. The number of aryl methyl sites for hydroxylation is 1. The molecule has 0 aliphatic rings. The van der Waals surface area contributed by atoms with Crippen LogP contribution in [0.15, 0.2) is 46.9 Å².